The van der Waals surface area contributed by atoms with E-state index < -0.39 is 16.0 Å². The lowest BCUT2D eigenvalue weighted by molar-refractivity contribution is -0.139. The van der Waals surface area contributed by atoms with E-state index in [2.05, 4.69) is 4.72 Å². The van der Waals surface area contributed by atoms with Crippen LogP contribution in [0.2, 0.25) is 10.0 Å². The van der Waals surface area contributed by atoms with Crippen molar-refractivity contribution < 1.29 is 18.3 Å². The van der Waals surface area contributed by atoms with Crippen molar-refractivity contribution in [2.45, 2.75) is 36.7 Å². The van der Waals surface area contributed by atoms with E-state index in [1.54, 1.807) is 0 Å². The molecule has 1 aliphatic rings. The molecule has 9 heteroatoms. The second-order valence-electron chi connectivity index (χ2n) is 5.48. The Hall–Kier alpha value is -0.860. The SMILES string of the molecule is CCN(CC(=O)O)C1CC(NS(=O)(=O)c2ccc(Cl)c(Cl)c2)C1. The highest BCUT2D eigenvalue weighted by atomic mass is 35.5. The van der Waals surface area contributed by atoms with Crippen molar-refractivity contribution in [2.24, 2.45) is 0 Å². The lowest BCUT2D eigenvalue weighted by Gasteiger charge is -2.42. The first-order chi connectivity index (χ1) is 10.7. The zero-order valence-electron chi connectivity index (χ0n) is 12.5. The van der Waals surface area contributed by atoms with Gasteiger partial charge in [0.15, 0.2) is 0 Å². The van der Waals surface area contributed by atoms with E-state index in [1.807, 2.05) is 11.8 Å². The number of rotatable bonds is 7. The molecule has 0 heterocycles. The second kappa shape index (κ2) is 7.36. The van der Waals surface area contributed by atoms with Gasteiger partial charge >= 0.3 is 5.97 Å². The minimum atomic E-state index is -3.67. The van der Waals surface area contributed by atoms with E-state index >= 15 is 0 Å². The first kappa shape index (κ1) is 18.5. The fourth-order valence-electron chi connectivity index (χ4n) is 2.59. The van der Waals surface area contributed by atoms with Crippen LogP contribution in [-0.2, 0) is 14.8 Å². The Bertz CT molecular complexity index is 690. The van der Waals surface area contributed by atoms with E-state index in [9.17, 15) is 13.2 Å². The van der Waals surface area contributed by atoms with Crippen LogP contribution in [0.3, 0.4) is 0 Å². The smallest absolute Gasteiger partial charge is 0.317 e. The van der Waals surface area contributed by atoms with Crippen molar-refractivity contribution in [1.29, 1.82) is 0 Å². The van der Waals surface area contributed by atoms with Gasteiger partial charge in [0, 0.05) is 12.1 Å². The number of benzene rings is 1. The van der Waals surface area contributed by atoms with Crippen LogP contribution >= 0.6 is 23.2 Å². The van der Waals surface area contributed by atoms with Crippen LogP contribution in [0.25, 0.3) is 0 Å². The average Bonchev–Trinajstić information content (AvgIpc) is 2.42. The summed E-state index contributed by atoms with van der Waals surface area (Å²) < 4.78 is 27.2. The minimum absolute atomic E-state index is 0.0343. The van der Waals surface area contributed by atoms with Crippen molar-refractivity contribution in [1.82, 2.24) is 9.62 Å². The summed E-state index contributed by atoms with van der Waals surface area (Å²) in [5.41, 5.74) is 0. The van der Waals surface area contributed by atoms with Crippen molar-refractivity contribution in [3.8, 4) is 0 Å². The fourth-order valence-corrected chi connectivity index (χ4v) is 4.24. The first-order valence-corrected chi connectivity index (χ1v) is 9.40. The van der Waals surface area contributed by atoms with E-state index in [0.29, 0.717) is 24.4 Å². The Labute approximate surface area is 145 Å². The lowest BCUT2D eigenvalue weighted by Crippen LogP contribution is -2.54. The van der Waals surface area contributed by atoms with E-state index in [1.165, 1.54) is 18.2 Å². The third kappa shape index (κ3) is 4.58. The van der Waals surface area contributed by atoms with Gasteiger partial charge in [0.1, 0.15) is 0 Å². The van der Waals surface area contributed by atoms with Gasteiger partial charge in [0.2, 0.25) is 10.0 Å². The topological polar surface area (TPSA) is 86.7 Å². The van der Waals surface area contributed by atoms with Gasteiger partial charge in [-0.15, -0.1) is 0 Å². The molecule has 0 aliphatic heterocycles. The number of nitrogens with one attached hydrogen (secondary N) is 1. The molecule has 0 amide bonds. The van der Waals surface area contributed by atoms with Crippen molar-refractivity contribution in [3.63, 3.8) is 0 Å². The number of hydrogen-bond acceptors (Lipinski definition) is 4. The summed E-state index contributed by atoms with van der Waals surface area (Å²) in [5.74, 6) is -0.883. The van der Waals surface area contributed by atoms with Crippen LogP contribution in [0.5, 0.6) is 0 Å². The highest BCUT2D eigenvalue weighted by molar-refractivity contribution is 7.89. The van der Waals surface area contributed by atoms with E-state index in [4.69, 9.17) is 28.3 Å². The highest BCUT2D eigenvalue weighted by Gasteiger charge is 2.36. The molecule has 0 bridgehead atoms. The van der Waals surface area contributed by atoms with Gasteiger partial charge < -0.3 is 5.11 Å². The maximum absolute atomic E-state index is 12.3. The molecule has 1 aromatic rings. The van der Waals surface area contributed by atoms with Crippen LogP contribution in [0.4, 0.5) is 0 Å². The number of halogens is 2. The van der Waals surface area contributed by atoms with Crippen molar-refractivity contribution in [2.75, 3.05) is 13.1 Å². The van der Waals surface area contributed by atoms with Gasteiger partial charge in [-0.05, 0) is 37.6 Å². The number of aliphatic carboxylic acids is 1. The molecule has 23 heavy (non-hydrogen) atoms. The molecule has 1 fully saturated rings. The van der Waals surface area contributed by atoms with Crippen LogP contribution in [0, 0.1) is 0 Å². The summed E-state index contributed by atoms with van der Waals surface area (Å²) >= 11 is 11.6. The Morgan fingerprint density at radius 3 is 2.52 bits per heavy atom. The second-order valence-corrected chi connectivity index (χ2v) is 8.00. The molecule has 0 saturated heterocycles. The van der Waals surface area contributed by atoms with E-state index in [-0.39, 0.29) is 28.5 Å². The van der Waals surface area contributed by atoms with Gasteiger partial charge in [-0.3, -0.25) is 9.69 Å². The number of nitrogens with zero attached hydrogens (tertiary/aromatic N) is 1. The van der Waals surface area contributed by atoms with Gasteiger partial charge in [0.25, 0.3) is 0 Å². The standard InChI is InChI=1S/C14H18Cl2N2O4S/c1-2-18(8-14(19)20)10-5-9(6-10)17-23(21,22)11-3-4-12(15)13(16)7-11/h3-4,7,9-10,17H,2,5-6,8H2,1H3,(H,19,20). The maximum atomic E-state index is 12.3. The predicted molar refractivity (Wildman–Crippen MR) is 88.5 cm³/mol. The summed E-state index contributed by atoms with van der Waals surface area (Å²) in [6, 6.07) is 4.02. The lowest BCUT2D eigenvalue weighted by atomic mass is 9.86. The first-order valence-electron chi connectivity index (χ1n) is 7.16. The minimum Gasteiger partial charge on any atom is -0.480 e. The zero-order chi connectivity index (χ0) is 17.2. The molecule has 2 rings (SSSR count). The Balaban J connectivity index is 1.96. The van der Waals surface area contributed by atoms with Crippen molar-refractivity contribution in [3.05, 3.63) is 28.2 Å². The van der Waals surface area contributed by atoms with Gasteiger partial charge in [-0.2, -0.15) is 0 Å². The molecule has 0 atom stereocenters. The molecule has 1 aromatic carbocycles. The summed E-state index contributed by atoms with van der Waals surface area (Å²) in [5, 5.41) is 9.33. The number of likely N-dealkylation sites (N-methyl/N-ethyl adjacent to an activating group) is 1. The Kier molecular flexibility index (Phi) is 5.91. The molecular formula is C14H18Cl2N2O4S. The summed E-state index contributed by atoms with van der Waals surface area (Å²) in [6.45, 7) is 2.47. The largest absolute Gasteiger partial charge is 0.480 e. The number of carbonyl (C=O) groups is 1. The molecule has 1 saturated carbocycles. The summed E-state index contributed by atoms with van der Waals surface area (Å²) in [6.07, 6.45) is 1.17. The van der Waals surface area contributed by atoms with Gasteiger partial charge in [-0.25, -0.2) is 13.1 Å². The van der Waals surface area contributed by atoms with Crippen LogP contribution in [0.15, 0.2) is 23.1 Å². The molecule has 128 valence electrons. The molecule has 2 N–H and O–H groups in total. The van der Waals surface area contributed by atoms with Gasteiger partial charge in [-0.1, -0.05) is 30.1 Å². The van der Waals surface area contributed by atoms with Crippen LogP contribution < -0.4 is 4.72 Å². The zero-order valence-corrected chi connectivity index (χ0v) is 14.8. The third-order valence-electron chi connectivity index (χ3n) is 3.90. The molecule has 1 aliphatic carbocycles. The molecule has 6 nitrogen and oxygen atoms in total. The highest BCUT2D eigenvalue weighted by Crippen LogP contribution is 2.29. The van der Waals surface area contributed by atoms with Gasteiger partial charge in [0.05, 0.1) is 21.5 Å². The van der Waals surface area contributed by atoms with Crippen LogP contribution in [-0.4, -0.2) is 49.6 Å². The number of carboxylic acid groups (broad SMARTS) is 1. The average molecular weight is 381 g/mol. The Morgan fingerprint density at radius 1 is 1.35 bits per heavy atom. The summed E-state index contributed by atoms with van der Waals surface area (Å²) in [4.78, 5) is 12.7. The maximum Gasteiger partial charge on any atom is 0.317 e. The Morgan fingerprint density at radius 2 is 2.00 bits per heavy atom. The molecule has 0 spiro atoms. The monoisotopic (exact) mass is 380 g/mol. The van der Waals surface area contributed by atoms with E-state index in [0.717, 1.165) is 0 Å². The number of hydrogen-bond donors (Lipinski definition) is 2. The molecular weight excluding hydrogens is 363 g/mol. The molecule has 0 aromatic heterocycles. The third-order valence-corrected chi connectivity index (χ3v) is 6.15. The molecule has 0 radical (unpaired) electrons. The van der Waals surface area contributed by atoms with Crippen molar-refractivity contribution >= 4 is 39.2 Å². The molecule has 0 unspecified atom stereocenters. The predicted octanol–water partition coefficient (Wildman–Crippen LogP) is 2.21. The summed E-state index contributed by atoms with van der Waals surface area (Å²) in [7, 11) is -3.67. The van der Waals surface area contributed by atoms with Crippen LogP contribution in [0.1, 0.15) is 19.8 Å². The quantitative estimate of drug-likeness (QED) is 0.756. The number of sulfonamides is 1. The number of carboxylic acids is 1. The normalized spacial score (nSPS) is 21.2. The fraction of sp³-hybridized carbons (Fsp3) is 0.500.